The first-order valence-electron chi connectivity index (χ1n) is 45.1. The van der Waals surface area contributed by atoms with Crippen molar-refractivity contribution in [3.63, 3.8) is 0 Å². The SMILES string of the molecule is CCCCCCCN(CCCCCCC)C(=N)N(CCCCCCC)C(CCCCCCC)(CCCCCCC)C(CCCCCCC)(CCCCCCC)C(CCCCCCC)(CCCCCCC)[C@@](CCCCCCC)(C(=O)O)N(CCCCCCC)CCCCCCC. The molecule has 0 rings (SSSR count). The molecule has 0 aromatic carbocycles. The summed E-state index contributed by atoms with van der Waals surface area (Å²) >= 11 is 0. The molecule has 0 amide bonds. The van der Waals surface area contributed by atoms with Crippen LogP contribution < -0.4 is 0 Å². The lowest BCUT2D eigenvalue weighted by atomic mass is 9.39. The van der Waals surface area contributed by atoms with Gasteiger partial charge in [-0.2, -0.15) is 0 Å². The average Bonchev–Trinajstić information content (AvgIpc) is 0.682. The quantitative estimate of drug-likeness (QED) is 0.0361. The van der Waals surface area contributed by atoms with Crippen LogP contribution in [0, 0.1) is 16.2 Å². The van der Waals surface area contributed by atoms with Crippen LogP contribution in [-0.2, 0) is 4.79 Å². The van der Waals surface area contributed by atoms with Gasteiger partial charge in [0.25, 0.3) is 0 Å². The third kappa shape index (κ3) is 38.3. The van der Waals surface area contributed by atoms with E-state index in [0.29, 0.717) is 0 Å². The molecule has 0 aromatic rings. The van der Waals surface area contributed by atoms with Gasteiger partial charge in [-0.05, 0) is 90.1 Å². The molecular formula is C90H182N4O2. The van der Waals surface area contributed by atoms with Crippen molar-refractivity contribution in [1.29, 1.82) is 5.41 Å². The molecule has 6 heteroatoms. The zero-order chi connectivity index (χ0) is 70.8. The number of hydrogen-bond acceptors (Lipinski definition) is 3. The predicted molar refractivity (Wildman–Crippen MR) is 433 cm³/mol. The minimum absolute atomic E-state index is 0.364. The first-order chi connectivity index (χ1) is 47.0. The monoisotopic (exact) mass is 1350 g/mol. The molecule has 0 aliphatic heterocycles. The van der Waals surface area contributed by atoms with Gasteiger partial charge >= 0.3 is 5.97 Å². The van der Waals surface area contributed by atoms with E-state index >= 15 is 4.79 Å². The maximum atomic E-state index is 17.2. The maximum absolute atomic E-state index is 17.2. The van der Waals surface area contributed by atoms with Gasteiger partial charge in [-0.25, -0.2) is 0 Å². The van der Waals surface area contributed by atoms with Crippen molar-refractivity contribution in [2.24, 2.45) is 10.8 Å². The van der Waals surface area contributed by atoms with Crippen LogP contribution in [0.25, 0.3) is 0 Å². The second kappa shape index (κ2) is 66.9. The Morgan fingerprint density at radius 3 is 0.719 bits per heavy atom. The fraction of sp³-hybridized carbons (Fsp3) is 0.978. The highest BCUT2D eigenvalue weighted by molar-refractivity contribution is 5.81. The second-order valence-electron chi connectivity index (χ2n) is 32.0. The molecule has 0 aliphatic rings. The lowest BCUT2D eigenvalue weighted by molar-refractivity contribution is -0.217. The lowest BCUT2D eigenvalue weighted by Gasteiger charge is -2.71. The van der Waals surface area contributed by atoms with Gasteiger partial charge in [-0.1, -0.05) is 436 Å². The summed E-state index contributed by atoms with van der Waals surface area (Å²) in [6, 6.07) is 0. The van der Waals surface area contributed by atoms with Gasteiger partial charge in [-0.3, -0.25) is 15.1 Å². The number of carbonyl (C=O) groups is 1. The van der Waals surface area contributed by atoms with Crippen molar-refractivity contribution >= 4 is 11.9 Å². The number of nitrogens with one attached hydrogen (secondary N) is 1. The van der Waals surface area contributed by atoms with E-state index in [2.05, 4.69) is 97.8 Å². The molecule has 0 spiro atoms. The van der Waals surface area contributed by atoms with Gasteiger partial charge in [0.05, 0.1) is 0 Å². The number of carboxylic acid groups (broad SMARTS) is 1. The van der Waals surface area contributed by atoms with Crippen LogP contribution in [0.1, 0.15) is 513 Å². The summed E-state index contributed by atoms with van der Waals surface area (Å²) < 4.78 is 0. The van der Waals surface area contributed by atoms with Crippen molar-refractivity contribution in [2.45, 2.75) is 524 Å². The van der Waals surface area contributed by atoms with Gasteiger partial charge in [-0.15, -0.1) is 0 Å². The van der Waals surface area contributed by atoms with Gasteiger partial charge in [0.2, 0.25) is 0 Å². The Bertz CT molecular complexity index is 1560. The summed E-state index contributed by atoms with van der Waals surface area (Å²) in [5, 5.41) is 26.0. The molecule has 0 saturated heterocycles. The third-order valence-corrected chi connectivity index (χ3v) is 24.0. The summed E-state index contributed by atoms with van der Waals surface area (Å²) in [5.74, 6) is 0.453. The minimum atomic E-state index is -1.04. The molecule has 0 unspecified atom stereocenters. The highest BCUT2D eigenvalue weighted by atomic mass is 16.4. The van der Waals surface area contributed by atoms with Gasteiger partial charge < -0.3 is 14.9 Å². The molecule has 0 aliphatic carbocycles. The highest BCUT2D eigenvalue weighted by Gasteiger charge is 2.72. The summed E-state index contributed by atoms with van der Waals surface area (Å²) in [6.07, 6.45) is 80.9. The van der Waals surface area contributed by atoms with Crippen LogP contribution in [0.2, 0.25) is 0 Å². The molecule has 6 nitrogen and oxygen atoms in total. The molecule has 0 aromatic heterocycles. The van der Waals surface area contributed by atoms with Gasteiger partial charge in [0.15, 0.2) is 5.96 Å². The molecule has 0 saturated carbocycles. The fourth-order valence-electron chi connectivity index (χ4n) is 18.4. The van der Waals surface area contributed by atoms with E-state index < -0.39 is 22.5 Å². The number of unbranched alkanes of at least 4 members (excludes halogenated alkanes) is 48. The standard InChI is InChI=1S/C90H182N4O2/c1-13-25-37-49-61-73-87(74-62-50-38-26-14-2,89(77-65-53-41-29-17-5,78-66-54-42-30-18-6)94(84-72-60-48-36-24-12)86(91)92(80-68-56-44-32-20-8)81-69-57-45-33-21-9)88(75-63-51-39-27-15-3,76-64-52-40-28-16-4)90(85(95)96,79-67-55-43-31-19-7)93(82-70-58-46-34-22-10)83-71-59-47-35-23-11/h91H,13-84H2,1-12H3,(H,95,96)/t90-/m1/s1. The molecular weight excluding hydrogens is 1170 g/mol. The Kier molecular flexibility index (Phi) is 66.0. The minimum Gasteiger partial charge on any atom is -0.480 e. The average molecular weight is 1350 g/mol. The van der Waals surface area contributed by atoms with E-state index in [1.165, 1.54) is 327 Å². The first-order valence-corrected chi connectivity index (χ1v) is 45.1. The van der Waals surface area contributed by atoms with E-state index in [0.717, 1.165) is 141 Å². The van der Waals surface area contributed by atoms with E-state index in [1.54, 1.807) is 0 Å². The first kappa shape index (κ1) is 94.7. The largest absolute Gasteiger partial charge is 0.480 e. The fourth-order valence-corrected chi connectivity index (χ4v) is 18.4. The Balaban J connectivity index is 11.2. The highest BCUT2D eigenvalue weighted by Crippen LogP contribution is 2.69. The summed E-state index contributed by atoms with van der Waals surface area (Å²) in [5.41, 5.74) is -2.33. The van der Waals surface area contributed by atoms with Crippen LogP contribution in [-0.4, -0.2) is 75.5 Å². The molecule has 1 atom stereocenters. The molecule has 574 valence electrons. The molecule has 0 bridgehead atoms. The third-order valence-electron chi connectivity index (χ3n) is 24.0. The number of guanidine groups is 1. The topological polar surface area (TPSA) is 70.9 Å². The Hall–Kier alpha value is -1.30. The van der Waals surface area contributed by atoms with Crippen LogP contribution in [0.3, 0.4) is 0 Å². The Morgan fingerprint density at radius 2 is 0.458 bits per heavy atom. The van der Waals surface area contributed by atoms with E-state index in [9.17, 15) is 10.5 Å². The molecule has 0 fully saturated rings. The smallest absolute Gasteiger partial charge is 0.324 e. The predicted octanol–water partition coefficient (Wildman–Crippen LogP) is 30.7. The van der Waals surface area contributed by atoms with Gasteiger partial charge in [0, 0.05) is 36.0 Å². The zero-order valence-electron chi connectivity index (χ0n) is 68.6. The maximum Gasteiger partial charge on any atom is 0.324 e. The summed E-state index contributed by atoms with van der Waals surface area (Å²) in [7, 11) is 0. The van der Waals surface area contributed by atoms with Crippen LogP contribution in [0.4, 0.5) is 0 Å². The van der Waals surface area contributed by atoms with Crippen LogP contribution >= 0.6 is 0 Å². The molecule has 0 heterocycles. The number of rotatable bonds is 78. The number of nitrogens with zero attached hydrogens (tertiary/aromatic N) is 3. The van der Waals surface area contributed by atoms with Crippen molar-refractivity contribution < 1.29 is 9.90 Å². The van der Waals surface area contributed by atoms with Crippen molar-refractivity contribution in [3.05, 3.63) is 0 Å². The van der Waals surface area contributed by atoms with E-state index in [1.807, 2.05) is 0 Å². The molecule has 96 heavy (non-hydrogen) atoms. The summed E-state index contributed by atoms with van der Waals surface area (Å²) in [4.78, 5) is 25.9. The van der Waals surface area contributed by atoms with E-state index in [4.69, 9.17) is 0 Å². The van der Waals surface area contributed by atoms with Crippen LogP contribution in [0.5, 0.6) is 0 Å². The number of aliphatic carboxylic acids is 1. The van der Waals surface area contributed by atoms with Gasteiger partial charge in [0.1, 0.15) is 5.54 Å². The van der Waals surface area contributed by atoms with E-state index in [-0.39, 0.29) is 5.41 Å². The Labute approximate surface area is 606 Å². The second-order valence-corrected chi connectivity index (χ2v) is 32.0. The van der Waals surface area contributed by atoms with Crippen molar-refractivity contribution in [1.82, 2.24) is 14.7 Å². The molecule has 2 N–H and O–H groups in total. The van der Waals surface area contributed by atoms with Crippen molar-refractivity contribution in [2.75, 3.05) is 32.7 Å². The summed E-state index contributed by atoms with van der Waals surface area (Å²) in [6.45, 7) is 33.4. The van der Waals surface area contributed by atoms with Crippen LogP contribution in [0.15, 0.2) is 0 Å². The van der Waals surface area contributed by atoms with Crippen molar-refractivity contribution in [3.8, 4) is 0 Å². The number of carboxylic acids is 1. The normalized spacial score (nSPS) is 13.0. The lowest BCUT2D eigenvalue weighted by Crippen LogP contribution is -2.77. The molecule has 0 radical (unpaired) electrons. The Morgan fingerprint density at radius 1 is 0.250 bits per heavy atom. The zero-order valence-corrected chi connectivity index (χ0v) is 68.6. The number of hydrogen-bond donors (Lipinski definition) is 2.